The Morgan fingerprint density at radius 3 is 2.42 bits per heavy atom. The fourth-order valence-electron chi connectivity index (χ4n) is 2.66. The smallest absolute Gasteiger partial charge is 0.263 e. The Morgan fingerprint density at radius 1 is 1.00 bits per heavy atom. The van der Waals surface area contributed by atoms with Gasteiger partial charge in [-0.05, 0) is 43.3 Å². The number of aromatic nitrogens is 2. The van der Waals surface area contributed by atoms with E-state index in [1.807, 2.05) is 6.07 Å². The fraction of sp³-hybridized carbons (Fsp3) is 0.0500. The minimum atomic E-state index is -3.79. The summed E-state index contributed by atoms with van der Waals surface area (Å²) < 4.78 is 27.7. The average Bonchev–Trinajstić information content (AvgIpc) is 3.34. The predicted molar refractivity (Wildman–Crippen MR) is 125 cm³/mol. The zero-order valence-corrected chi connectivity index (χ0v) is 19.2. The molecule has 2 aromatic heterocycles. The van der Waals surface area contributed by atoms with Crippen molar-refractivity contribution in [1.82, 2.24) is 9.97 Å². The molecule has 0 atom stereocenters. The Balaban J connectivity index is 1.52. The number of nitrogens with zero attached hydrogens (tertiary/aromatic N) is 2. The van der Waals surface area contributed by atoms with Crippen molar-refractivity contribution in [2.45, 2.75) is 11.8 Å². The summed E-state index contributed by atoms with van der Waals surface area (Å²) in [6.07, 6.45) is 0. The minimum absolute atomic E-state index is 0.0888. The van der Waals surface area contributed by atoms with E-state index in [9.17, 15) is 13.2 Å². The van der Waals surface area contributed by atoms with Crippen LogP contribution < -0.4 is 10.0 Å². The van der Waals surface area contributed by atoms with Crippen LogP contribution in [0.2, 0.25) is 5.02 Å². The van der Waals surface area contributed by atoms with Gasteiger partial charge in [-0.2, -0.15) is 0 Å². The maximum absolute atomic E-state index is 12.6. The Kier molecular flexibility index (Phi) is 6.05. The summed E-state index contributed by atoms with van der Waals surface area (Å²) in [6, 6.07) is 14.7. The van der Waals surface area contributed by atoms with Gasteiger partial charge in [0, 0.05) is 16.0 Å². The van der Waals surface area contributed by atoms with Crippen LogP contribution in [0.5, 0.6) is 0 Å². The molecule has 0 radical (unpaired) electrons. The van der Waals surface area contributed by atoms with Gasteiger partial charge in [-0.3, -0.25) is 14.8 Å². The standard InChI is InChI=1S/C20H15ClN4O3S3/c1-12-17(16-11-29-19(23-16)24-18(26)13-5-3-2-4-6-13)30-20(22-12)25-31(27,28)15-9-7-14(21)8-10-15/h2-11H,1H3,(H,22,25)(H,23,24,26). The molecule has 0 saturated carbocycles. The van der Waals surface area contributed by atoms with Crippen molar-refractivity contribution in [3.8, 4) is 10.6 Å². The molecule has 0 unspecified atom stereocenters. The summed E-state index contributed by atoms with van der Waals surface area (Å²) >= 11 is 8.28. The van der Waals surface area contributed by atoms with E-state index >= 15 is 0 Å². The molecule has 31 heavy (non-hydrogen) atoms. The van der Waals surface area contributed by atoms with Crippen LogP contribution in [-0.2, 0) is 10.0 Å². The first kappa shape index (κ1) is 21.4. The molecule has 4 rings (SSSR count). The van der Waals surface area contributed by atoms with E-state index in [2.05, 4.69) is 20.0 Å². The number of nitrogens with one attached hydrogen (secondary N) is 2. The van der Waals surface area contributed by atoms with Crippen molar-refractivity contribution in [2.75, 3.05) is 10.0 Å². The summed E-state index contributed by atoms with van der Waals surface area (Å²) in [4.78, 5) is 21.9. The van der Waals surface area contributed by atoms with Gasteiger partial charge in [0.15, 0.2) is 10.3 Å². The maximum atomic E-state index is 12.6. The van der Waals surface area contributed by atoms with E-state index in [4.69, 9.17) is 11.6 Å². The first-order chi connectivity index (χ1) is 14.8. The lowest BCUT2D eigenvalue weighted by Gasteiger charge is -2.04. The van der Waals surface area contributed by atoms with Crippen LogP contribution in [-0.4, -0.2) is 24.3 Å². The summed E-state index contributed by atoms with van der Waals surface area (Å²) in [5, 5.41) is 5.68. The van der Waals surface area contributed by atoms with Crippen molar-refractivity contribution in [2.24, 2.45) is 0 Å². The SMILES string of the molecule is Cc1nc(NS(=O)(=O)c2ccc(Cl)cc2)sc1-c1csc(NC(=O)c2ccccc2)n1. The number of hydrogen-bond acceptors (Lipinski definition) is 7. The van der Waals surface area contributed by atoms with Gasteiger partial charge in [0.1, 0.15) is 0 Å². The van der Waals surface area contributed by atoms with Gasteiger partial charge >= 0.3 is 0 Å². The molecule has 7 nitrogen and oxygen atoms in total. The van der Waals surface area contributed by atoms with Gasteiger partial charge in [0.25, 0.3) is 15.9 Å². The number of halogens is 1. The topological polar surface area (TPSA) is 101 Å². The van der Waals surface area contributed by atoms with E-state index in [0.717, 1.165) is 0 Å². The van der Waals surface area contributed by atoms with Crippen molar-refractivity contribution < 1.29 is 13.2 Å². The van der Waals surface area contributed by atoms with E-state index in [-0.39, 0.29) is 15.9 Å². The van der Waals surface area contributed by atoms with Crippen LogP contribution in [0.25, 0.3) is 10.6 Å². The minimum Gasteiger partial charge on any atom is -0.298 e. The number of carbonyl (C=O) groups is 1. The second-order valence-electron chi connectivity index (χ2n) is 6.35. The van der Waals surface area contributed by atoms with Gasteiger partial charge in [-0.1, -0.05) is 41.1 Å². The number of carbonyl (C=O) groups excluding carboxylic acids is 1. The van der Waals surface area contributed by atoms with Gasteiger partial charge < -0.3 is 0 Å². The molecule has 11 heteroatoms. The third-order valence-electron chi connectivity index (χ3n) is 4.14. The van der Waals surface area contributed by atoms with Gasteiger partial charge in [-0.15, -0.1) is 11.3 Å². The second kappa shape index (κ2) is 8.75. The van der Waals surface area contributed by atoms with Crippen molar-refractivity contribution in [3.05, 3.63) is 76.3 Å². The number of rotatable bonds is 6. The molecular weight excluding hydrogens is 476 g/mol. The summed E-state index contributed by atoms with van der Waals surface area (Å²) in [5.74, 6) is -0.251. The lowest BCUT2D eigenvalue weighted by Crippen LogP contribution is -2.12. The third-order valence-corrected chi connectivity index (χ3v) is 7.72. The van der Waals surface area contributed by atoms with Crippen LogP contribution >= 0.6 is 34.3 Å². The first-order valence-electron chi connectivity index (χ1n) is 8.90. The van der Waals surface area contributed by atoms with E-state index in [1.165, 1.54) is 46.9 Å². The van der Waals surface area contributed by atoms with Crippen LogP contribution in [0.3, 0.4) is 0 Å². The van der Waals surface area contributed by atoms with Gasteiger partial charge in [0.2, 0.25) is 0 Å². The zero-order valence-electron chi connectivity index (χ0n) is 16.0. The second-order valence-corrected chi connectivity index (χ2v) is 10.3. The third kappa shape index (κ3) is 4.93. The molecular formula is C20H15ClN4O3S3. The number of anilines is 2. The molecule has 0 aliphatic rings. The molecule has 1 amide bonds. The normalized spacial score (nSPS) is 11.3. The largest absolute Gasteiger partial charge is 0.298 e. The fourth-order valence-corrected chi connectivity index (χ4v) is 5.72. The lowest BCUT2D eigenvalue weighted by atomic mass is 10.2. The van der Waals surface area contributed by atoms with Crippen LogP contribution in [0.4, 0.5) is 10.3 Å². The van der Waals surface area contributed by atoms with Crippen molar-refractivity contribution >= 4 is 60.5 Å². The molecule has 4 aromatic rings. The molecule has 0 aliphatic carbocycles. The average molecular weight is 491 g/mol. The predicted octanol–water partition coefficient (Wildman–Crippen LogP) is 5.28. The first-order valence-corrected chi connectivity index (χ1v) is 12.5. The quantitative estimate of drug-likeness (QED) is 0.383. The summed E-state index contributed by atoms with van der Waals surface area (Å²) in [7, 11) is -3.79. The van der Waals surface area contributed by atoms with E-state index in [0.29, 0.717) is 32.0 Å². The summed E-state index contributed by atoms with van der Waals surface area (Å²) in [6.45, 7) is 1.77. The number of thiazole rings is 2. The Labute approximate surface area is 191 Å². The van der Waals surface area contributed by atoms with Crippen LogP contribution in [0.15, 0.2) is 64.9 Å². The van der Waals surface area contributed by atoms with Crippen molar-refractivity contribution in [3.63, 3.8) is 0 Å². The van der Waals surface area contributed by atoms with Crippen LogP contribution in [0, 0.1) is 6.92 Å². The Hall–Kier alpha value is -2.79. The lowest BCUT2D eigenvalue weighted by molar-refractivity contribution is 0.102. The van der Waals surface area contributed by atoms with Crippen molar-refractivity contribution in [1.29, 1.82) is 0 Å². The Morgan fingerprint density at radius 2 is 1.71 bits per heavy atom. The molecule has 2 N–H and O–H groups in total. The molecule has 0 aliphatic heterocycles. The monoisotopic (exact) mass is 490 g/mol. The highest BCUT2D eigenvalue weighted by atomic mass is 35.5. The van der Waals surface area contributed by atoms with E-state index < -0.39 is 10.0 Å². The molecule has 2 aromatic carbocycles. The number of benzene rings is 2. The zero-order chi connectivity index (χ0) is 22.0. The van der Waals surface area contributed by atoms with Gasteiger partial charge in [0.05, 0.1) is 21.2 Å². The summed E-state index contributed by atoms with van der Waals surface area (Å²) in [5.41, 5.74) is 1.78. The number of aryl methyl sites for hydroxylation is 1. The highest BCUT2D eigenvalue weighted by molar-refractivity contribution is 7.93. The molecule has 0 bridgehead atoms. The highest BCUT2D eigenvalue weighted by Gasteiger charge is 2.19. The van der Waals surface area contributed by atoms with Crippen LogP contribution in [0.1, 0.15) is 16.1 Å². The Bertz CT molecular complexity index is 1330. The number of sulfonamides is 1. The molecule has 158 valence electrons. The molecule has 0 saturated heterocycles. The highest BCUT2D eigenvalue weighted by Crippen LogP contribution is 2.35. The maximum Gasteiger partial charge on any atom is 0.263 e. The number of amides is 1. The van der Waals surface area contributed by atoms with E-state index in [1.54, 1.807) is 36.6 Å². The number of hydrogen-bond donors (Lipinski definition) is 2. The molecule has 0 fully saturated rings. The molecule has 2 heterocycles. The molecule has 0 spiro atoms. The van der Waals surface area contributed by atoms with Gasteiger partial charge in [-0.25, -0.2) is 18.4 Å².